The molecule has 1 amide bonds. The van der Waals surface area contributed by atoms with Gasteiger partial charge in [0.25, 0.3) is 0 Å². The maximum Gasteiger partial charge on any atom is 0.249 e. The Morgan fingerprint density at radius 3 is 2.73 bits per heavy atom. The number of fused-ring (bicyclic) bond motifs is 1. The average Bonchev–Trinajstić information content (AvgIpc) is 3.15. The number of hydrogen-bond acceptors (Lipinski definition) is 4. The van der Waals surface area contributed by atoms with E-state index in [-0.39, 0.29) is 0 Å². The van der Waals surface area contributed by atoms with Crippen LogP contribution >= 0.6 is 0 Å². The van der Waals surface area contributed by atoms with E-state index >= 15 is 0 Å². The Morgan fingerprint density at radius 2 is 1.92 bits per heavy atom. The minimum absolute atomic E-state index is 0.351. The Morgan fingerprint density at radius 1 is 1.08 bits per heavy atom. The van der Waals surface area contributed by atoms with E-state index in [1.807, 2.05) is 42.5 Å². The molecule has 5 nitrogen and oxygen atoms in total. The zero-order valence-corrected chi connectivity index (χ0v) is 14.3. The Labute approximate surface area is 151 Å². The van der Waals surface area contributed by atoms with Crippen LogP contribution in [0.1, 0.15) is 33.7 Å². The molecule has 0 spiro atoms. The first-order valence-corrected chi connectivity index (χ1v) is 8.67. The molecule has 0 aliphatic heterocycles. The van der Waals surface area contributed by atoms with Gasteiger partial charge in [-0.3, -0.25) is 9.78 Å². The normalized spacial score (nSPS) is 12.6. The minimum atomic E-state index is -0.430. The average molecular weight is 345 g/mol. The van der Waals surface area contributed by atoms with E-state index in [0.717, 1.165) is 41.8 Å². The van der Waals surface area contributed by atoms with Gasteiger partial charge in [-0.15, -0.1) is 0 Å². The van der Waals surface area contributed by atoms with Gasteiger partial charge in [-0.05, 0) is 54.2 Å². The van der Waals surface area contributed by atoms with Crippen molar-refractivity contribution in [2.45, 2.75) is 25.9 Å². The van der Waals surface area contributed by atoms with E-state index in [9.17, 15) is 4.79 Å². The first kappa shape index (κ1) is 16.3. The van der Waals surface area contributed by atoms with Crippen molar-refractivity contribution in [3.8, 4) is 17.0 Å². The number of nitrogens with zero attached hydrogens (tertiary/aromatic N) is 2. The number of carbonyl (C=O) groups excluding carboxylic acids is 1. The summed E-state index contributed by atoms with van der Waals surface area (Å²) in [4.78, 5) is 20.8. The fourth-order valence-corrected chi connectivity index (χ4v) is 3.40. The van der Waals surface area contributed by atoms with E-state index in [4.69, 9.17) is 10.5 Å². The van der Waals surface area contributed by atoms with E-state index in [2.05, 4.69) is 9.97 Å². The number of primary amides is 1. The standard InChI is InChI=1S/C21H19N3O2/c22-21(25)17-8-2-1-7-15(17)18-12-20(24-19-10-5-9-16(18)19)26-13-14-6-3-4-11-23-14/h1-4,6-8,11-12H,5,9-10,13H2,(H2,22,25). The SMILES string of the molecule is NC(=O)c1ccccc1-c1cc(OCc2ccccn2)nc2c1CCC2. The molecule has 0 saturated heterocycles. The lowest BCUT2D eigenvalue weighted by Crippen LogP contribution is -2.12. The Hall–Kier alpha value is -3.21. The van der Waals surface area contributed by atoms with Crippen molar-refractivity contribution in [3.63, 3.8) is 0 Å². The highest BCUT2D eigenvalue weighted by molar-refractivity contribution is 6.00. The largest absolute Gasteiger partial charge is 0.471 e. The highest BCUT2D eigenvalue weighted by Crippen LogP contribution is 2.35. The number of amides is 1. The van der Waals surface area contributed by atoms with Gasteiger partial charge in [0, 0.05) is 23.5 Å². The van der Waals surface area contributed by atoms with Crippen LogP contribution in [0.4, 0.5) is 0 Å². The summed E-state index contributed by atoms with van der Waals surface area (Å²) in [6.45, 7) is 0.351. The lowest BCUT2D eigenvalue weighted by Gasteiger charge is -2.14. The van der Waals surface area contributed by atoms with Crippen LogP contribution in [-0.2, 0) is 19.4 Å². The number of benzene rings is 1. The summed E-state index contributed by atoms with van der Waals surface area (Å²) >= 11 is 0. The topological polar surface area (TPSA) is 78.1 Å². The second-order valence-electron chi connectivity index (χ2n) is 6.31. The van der Waals surface area contributed by atoms with Crippen LogP contribution in [0.3, 0.4) is 0 Å². The third-order valence-electron chi connectivity index (χ3n) is 4.60. The van der Waals surface area contributed by atoms with Crippen LogP contribution in [0.15, 0.2) is 54.7 Å². The summed E-state index contributed by atoms with van der Waals surface area (Å²) in [6, 6.07) is 15.0. The molecular weight excluding hydrogens is 326 g/mol. The lowest BCUT2D eigenvalue weighted by molar-refractivity contribution is 0.100. The molecule has 0 saturated carbocycles. The van der Waals surface area contributed by atoms with Crippen molar-refractivity contribution in [2.24, 2.45) is 5.73 Å². The van der Waals surface area contributed by atoms with Gasteiger partial charge >= 0.3 is 0 Å². The first-order valence-electron chi connectivity index (χ1n) is 8.67. The summed E-state index contributed by atoms with van der Waals surface area (Å²) in [5.74, 6) is 0.116. The van der Waals surface area contributed by atoms with Crippen molar-refractivity contribution in [1.29, 1.82) is 0 Å². The lowest BCUT2D eigenvalue weighted by atomic mass is 9.95. The molecule has 2 N–H and O–H groups in total. The summed E-state index contributed by atoms with van der Waals surface area (Å²) in [6.07, 6.45) is 4.66. The molecular formula is C21H19N3O2. The molecule has 0 bridgehead atoms. The van der Waals surface area contributed by atoms with Crippen molar-refractivity contribution >= 4 is 5.91 Å². The van der Waals surface area contributed by atoms with Gasteiger partial charge < -0.3 is 10.5 Å². The summed E-state index contributed by atoms with van der Waals surface area (Å²) in [5.41, 5.74) is 11.0. The highest BCUT2D eigenvalue weighted by atomic mass is 16.5. The van der Waals surface area contributed by atoms with Gasteiger partial charge in [0.1, 0.15) is 6.61 Å². The number of aryl methyl sites for hydroxylation is 1. The third kappa shape index (κ3) is 3.16. The van der Waals surface area contributed by atoms with Crippen molar-refractivity contribution in [3.05, 3.63) is 77.2 Å². The maximum absolute atomic E-state index is 11.9. The quantitative estimate of drug-likeness (QED) is 0.769. The third-order valence-corrected chi connectivity index (χ3v) is 4.60. The minimum Gasteiger partial charge on any atom is -0.471 e. The van der Waals surface area contributed by atoms with E-state index in [0.29, 0.717) is 18.1 Å². The molecule has 3 aromatic rings. The predicted molar refractivity (Wildman–Crippen MR) is 98.8 cm³/mol. The zero-order valence-electron chi connectivity index (χ0n) is 14.3. The fraction of sp³-hybridized carbons (Fsp3) is 0.190. The van der Waals surface area contributed by atoms with Gasteiger partial charge in [-0.1, -0.05) is 24.3 Å². The predicted octanol–water partition coefficient (Wildman–Crippen LogP) is 3.31. The number of hydrogen-bond donors (Lipinski definition) is 1. The molecule has 1 aliphatic rings. The van der Waals surface area contributed by atoms with Crippen molar-refractivity contribution in [1.82, 2.24) is 9.97 Å². The van der Waals surface area contributed by atoms with Crippen molar-refractivity contribution in [2.75, 3.05) is 0 Å². The molecule has 130 valence electrons. The molecule has 0 atom stereocenters. The van der Waals surface area contributed by atoms with E-state index < -0.39 is 5.91 Å². The van der Waals surface area contributed by atoms with Crippen LogP contribution < -0.4 is 10.5 Å². The number of rotatable bonds is 5. The zero-order chi connectivity index (χ0) is 17.9. The number of aromatic nitrogens is 2. The van der Waals surface area contributed by atoms with Crippen LogP contribution in [-0.4, -0.2) is 15.9 Å². The molecule has 0 unspecified atom stereocenters. The second kappa shape index (κ2) is 6.96. The molecule has 0 fully saturated rings. The number of pyridine rings is 2. The molecule has 5 heteroatoms. The van der Waals surface area contributed by atoms with Gasteiger partial charge in [-0.25, -0.2) is 4.98 Å². The molecule has 2 aromatic heterocycles. The monoisotopic (exact) mass is 345 g/mol. The van der Waals surface area contributed by atoms with Gasteiger partial charge in [-0.2, -0.15) is 0 Å². The van der Waals surface area contributed by atoms with Crippen LogP contribution in [0, 0.1) is 0 Å². The molecule has 26 heavy (non-hydrogen) atoms. The Kier molecular flexibility index (Phi) is 4.35. The molecule has 0 radical (unpaired) electrons. The molecule has 1 aromatic carbocycles. The summed E-state index contributed by atoms with van der Waals surface area (Å²) in [7, 11) is 0. The van der Waals surface area contributed by atoms with Gasteiger partial charge in [0.2, 0.25) is 11.8 Å². The van der Waals surface area contributed by atoms with E-state index in [1.165, 1.54) is 5.56 Å². The fourth-order valence-electron chi connectivity index (χ4n) is 3.40. The number of nitrogens with two attached hydrogens (primary N) is 1. The smallest absolute Gasteiger partial charge is 0.249 e. The Bertz CT molecular complexity index is 955. The summed E-state index contributed by atoms with van der Waals surface area (Å²) < 4.78 is 5.89. The molecule has 2 heterocycles. The highest BCUT2D eigenvalue weighted by Gasteiger charge is 2.21. The second-order valence-corrected chi connectivity index (χ2v) is 6.31. The van der Waals surface area contributed by atoms with Gasteiger partial charge in [0.15, 0.2) is 0 Å². The Balaban J connectivity index is 1.73. The van der Waals surface area contributed by atoms with Gasteiger partial charge in [0.05, 0.1) is 5.69 Å². The van der Waals surface area contributed by atoms with Crippen LogP contribution in [0.25, 0.3) is 11.1 Å². The summed E-state index contributed by atoms with van der Waals surface area (Å²) in [5, 5.41) is 0. The van der Waals surface area contributed by atoms with Crippen LogP contribution in [0.5, 0.6) is 5.88 Å². The molecule has 1 aliphatic carbocycles. The van der Waals surface area contributed by atoms with Crippen molar-refractivity contribution < 1.29 is 9.53 Å². The van der Waals surface area contributed by atoms with Crippen LogP contribution in [0.2, 0.25) is 0 Å². The number of ether oxygens (including phenoxy) is 1. The molecule has 4 rings (SSSR count). The van der Waals surface area contributed by atoms with E-state index in [1.54, 1.807) is 12.3 Å². The first-order chi connectivity index (χ1) is 12.7. The maximum atomic E-state index is 11.9. The number of carbonyl (C=O) groups is 1.